The van der Waals surface area contributed by atoms with Crippen molar-refractivity contribution in [1.82, 2.24) is 10.3 Å². The molecule has 1 unspecified atom stereocenters. The highest BCUT2D eigenvalue weighted by Crippen LogP contribution is 2.42. The largest absolute Gasteiger partial charge is 0.454 e. The Labute approximate surface area is 188 Å². The number of hydrogen-bond acceptors (Lipinski definition) is 7. The number of amides is 1. The smallest absolute Gasteiger partial charge is 0.276 e. The molecule has 3 aliphatic heterocycles. The third kappa shape index (κ3) is 3.74. The number of carbonyl (C=O) groups excluding carboxylic acids is 1. The summed E-state index contributed by atoms with van der Waals surface area (Å²) in [5, 5.41) is 11.9. The van der Waals surface area contributed by atoms with Gasteiger partial charge in [0.2, 0.25) is 6.79 Å². The lowest BCUT2D eigenvalue weighted by atomic mass is 10.1. The topological polar surface area (TPSA) is 75.5 Å². The van der Waals surface area contributed by atoms with Crippen molar-refractivity contribution >= 4 is 40.1 Å². The third-order valence-corrected chi connectivity index (χ3v) is 6.55. The molecule has 160 valence electrons. The van der Waals surface area contributed by atoms with Crippen LogP contribution in [0.4, 0.5) is 0 Å². The van der Waals surface area contributed by atoms with E-state index in [1.54, 1.807) is 22.8 Å². The molecule has 0 spiro atoms. The van der Waals surface area contributed by atoms with Crippen molar-refractivity contribution in [3.8, 4) is 11.5 Å². The number of benzene rings is 2. The Morgan fingerprint density at radius 1 is 1.23 bits per heavy atom. The van der Waals surface area contributed by atoms with Crippen molar-refractivity contribution in [1.29, 1.82) is 0 Å². The fourth-order valence-electron chi connectivity index (χ4n) is 3.75. The van der Waals surface area contributed by atoms with Crippen molar-refractivity contribution in [3.05, 3.63) is 57.6 Å². The Balaban J connectivity index is 1.60. The first-order valence-electron chi connectivity index (χ1n) is 10.2. The van der Waals surface area contributed by atoms with Gasteiger partial charge < -0.3 is 9.47 Å². The van der Waals surface area contributed by atoms with Gasteiger partial charge in [-0.1, -0.05) is 61.3 Å². The number of hydrazone groups is 1. The Hall–Kier alpha value is -2.71. The van der Waals surface area contributed by atoms with Crippen LogP contribution in [0.25, 0.3) is 5.70 Å². The van der Waals surface area contributed by atoms with E-state index in [4.69, 9.17) is 31.2 Å². The van der Waals surface area contributed by atoms with Crippen LogP contribution in [0.5, 0.6) is 11.5 Å². The van der Waals surface area contributed by atoms with Gasteiger partial charge in [0.05, 0.1) is 10.4 Å². The van der Waals surface area contributed by atoms with Crippen LogP contribution in [-0.4, -0.2) is 28.6 Å². The zero-order valence-corrected chi connectivity index (χ0v) is 18.5. The molecular weight excluding hydrogens is 436 g/mol. The van der Waals surface area contributed by atoms with Gasteiger partial charge in [0.15, 0.2) is 22.8 Å². The molecule has 1 N–H and O–H groups in total. The fourth-order valence-corrected chi connectivity index (χ4v) is 4.85. The number of unbranched alkanes of at least 4 members (excludes halogenated alkanes) is 2. The van der Waals surface area contributed by atoms with E-state index in [9.17, 15) is 4.79 Å². The number of ether oxygens (including phenoxy) is 2. The molecule has 31 heavy (non-hydrogen) atoms. The summed E-state index contributed by atoms with van der Waals surface area (Å²) in [7, 11) is 0. The molecule has 0 saturated heterocycles. The molecule has 9 heteroatoms. The van der Waals surface area contributed by atoms with Gasteiger partial charge in [-0.15, -0.1) is 5.10 Å². The Morgan fingerprint density at radius 3 is 2.87 bits per heavy atom. The summed E-state index contributed by atoms with van der Waals surface area (Å²) in [6, 6.07) is 11.1. The number of fused-ring (bicyclic) bond motifs is 3. The van der Waals surface area contributed by atoms with E-state index in [1.807, 2.05) is 30.3 Å². The zero-order chi connectivity index (χ0) is 21.4. The minimum absolute atomic E-state index is 0.153. The molecule has 3 heterocycles. The van der Waals surface area contributed by atoms with Gasteiger partial charge >= 0.3 is 0 Å². The van der Waals surface area contributed by atoms with Crippen LogP contribution in [0.15, 0.2) is 46.5 Å². The average molecular weight is 457 g/mol. The van der Waals surface area contributed by atoms with Crippen molar-refractivity contribution in [2.45, 2.75) is 32.4 Å². The number of halogens is 1. The van der Waals surface area contributed by atoms with E-state index in [0.29, 0.717) is 32.9 Å². The first-order chi connectivity index (χ1) is 15.2. The Morgan fingerprint density at radius 2 is 2.03 bits per heavy atom. The second-order valence-electron chi connectivity index (χ2n) is 7.35. The van der Waals surface area contributed by atoms with Crippen LogP contribution in [0.1, 0.15) is 37.9 Å². The highest BCUT2D eigenvalue weighted by molar-refractivity contribution is 8.13. The van der Waals surface area contributed by atoms with Crippen LogP contribution >= 0.6 is 23.4 Å². The third-order valence-electron chi connectivity index (χ3n) is 5.27. The van der Waals surface area contributed by atoms with Gasteiger partial charge in [0.1, 0.15) is 5.70 Å². The number of thioether (sulfide) groups is 1. The van der Waals surface area contributed by atoms with Crippen LogP contribution in [0.2, 0.25) is 5.02 Å². The highest BCUT2D eigenvalue weighted by Gasteiger charge is 2.36. The monoisotopic (exact) mass is 456 g/mol. The van der Waals surface area contributed by atoms with E-state index >= 15 is 0 Å². The summed E-state index contributed by atoms with van der Waals surface area (Å²) in [5.41, 5.74) is 1.16. The number of hydrogen-bond donors (Lipinski definition) is 1. The predicted octanol–water partition coefficient (Wildman–Crippen LogP) is 3.14. The van der Waals surface area contributed by atoms with E-state index in [-0.39, 0.29) is 12.7 Å². The summed E-state index contributed by atoms with van der Waals surface area (Å²) < 4.78 is 11.0. The molecule has 0 radical (unpaired) electrons. The van der Waals surface area contributed by atoms with E-state index in [0.717, 1.165) is 35.6 Å². The minimum atomic E-state index is -0.593. The van der Waals surface area contributed by atoms with Crippen LogP contribution in [0.3, 0.4) is 0 Å². The molecule has 0 fully saturated rings. The molecule has 3 aliphatic rings. The molecule has 0 aliphatic carbocycles. The number of nitrogens with zero attached hydrogens (tertiary/aromatic N) is 3. The quantitative estimate of drug-likeness (QED) is 0.699. The van der Waals surface area contributed by atoms with Crippen LogP contribution < -0.4 is 25.4 Å². The number of amidine groups is 1. The molecule has 5 rings (SSSR count). The van der Waals surface area contributed by atoms with Crippen molar-refractivity contribution in [3.63, 3.8) is 0 Å². The lowest BCUT2D eigenvalue weighted by Crippen LogP contribution is -2.50. The van der Waals surface area contributed by atoms with Gasteiger partial charge in [0.25, 0.3) is 5.91 Å². The number of rotatable bonds is 5. The molecule has 1 amide bonds. The standard InChI is InChI=1S/C22H21ClN4O3S/c1-2-3-6-9-31-22-25-21(28)19-13-7-4-5-8-16(13)24-20(27(19)26-22)14-10-17-18(11-15(14)23)30-12-29-17/h4-5,7-8,10-11,20H,2-3,6,9,12H2,1H3,(H,25,26,28). The first kappa shape index (κ1) is 20.2. The first-order valence-corrected chi connectivity index (χ1v) is 11.6. The molecule has 0 saturated carbocycles. The second kappa shape index (κ2) is 8.43. The lowest BCUT2D eigenvalue weighted by Gasteiger charge is -2.34. The normalized spacial score (nSPS) is 18.7. The van der Waals surface area contributed by atoms with E-state index < -0.39 is 6.17 Å². The predicted molar refractivity (Wildman–Crippen MR) is 120 cm³/mol. The van der Waals surface area contributed by atoms with Gasteiger partial charge in [0, 0.05) is 22.6 Å². The Bertz CT molecular complexity index is 1200. The maximum Gasteiger partial charge on any atom is 0.276 e. The Kier molecular flexibility index (Phi) is 5.50. The summed E-state index contributed by atoms with van der Waals surface area (Å²) >= 11 is 8.15. The number of carbonyl (C=O) groups is 1. The molecular formula is C22H21ClN4O3S. The summed E-state index contributed by atoms with van der Waals surface area (Å²) in [6.07, 6.45) is 2.76. The maximum atomic E-state index is 13.1. The van der Waals surface area contributed by atoms with Gasteiger partial charge in [-0.2, -0.15) is 0 Å². The summed E-state index contributed by atoms with van der Waals surface area (Å²) in [5.74, 6) is 1.90. The van der Waals surface area contributed by atoms with Gasteiger partial charge in [-0.05, 0) is 18.6 Å². The zero-order valence-electron chi connectivity index (χ0n) is 16.9. The van der Waals surface area contributed by atoms with Gasteiger partial charge in [-0.25, -0.2) is 5.01 Å². The lowest BCUT2D eigenvalue weighted by molar-refractivity contribution is -0.116. The summed E-state index contributed by atoms with van der Waals surface area (Å²) in [6.45, 7) is 2.32. The van der Waals surface area contributed by atoms with Crippen molar-refractivity contribution in [2.75, 3.05) is 12.5 Å². The molecule has 0 bridgehead atoms. The van der Waals surface area contributed by atoms with Gasteiger partial charge in [-0.3, -0.25) is 15.1 Å². The van der Waals surface area contributed by atoms with Crippen LogP contribution in [-0.2, 0) is 4.79 Å². The summed E-state index contributed by atoms with van der Waals surface area (Å²) in [4.78, 5) is 18.0. The maximum absolute atomic E-state index is 13.1. The SMILES string of the molecule is CCCCCSC1=NN2C(=c3ccccc3=NC2c2cc3c(cc2Cl)OCO3)C(=O)N1. The molecule has 7 nitrogen and oxygen atoms in total. The van der Waals surface area contributed by atoms with E-state index in [1.165, 1.54) is 0 Å². The van der Waals surface area contributed by atoms with Crippen LogP contribution in [0, 0.1) is 0 Å². The van der Waals surface area contributed by atoms with E-state index in [2.05, 4.69) is 12.2 Å². The molecule has 1 atom stereocenters. The molecule has 0 aromatic heterocycles. The molecule has 2 aromatic carbocycles. The number of nitrogens with one attached hydrogen (secondary N) is 1. The van der Waals surface area contributed by atoms with Crippen molar-refractivity contribution in [2.24, 2.45) is 10.1 Å². The number of para-hydroxylation sites is 1. The average Bonchev–Trinajstić information content (AvgIpc) is 3.22. The fraction of sp³-hybridized carbons (Fsp3) is 0.318. The minimum Gasteiger partial charge on any atom is -0.454 e. The molecule has 2 aromatic rings. The van der Waals surface area contributed by atoms with Crippen molar-refractivity contribution < 1.29 is 14.3 Å². The second-order valence-corrected chi connectivity index (χ2v) is 8.85. The highest BCUT2D eigenvalue weighted by atomic mass is 35.5.